The smallest absolute Gasteiger partial charge is 0.252 e. The molecule has 128 valence electrons. The molecule has 0 fully saturated rings. The summed E-state index contributed by atoms with van der Waals surface area (Å²) in [5, 5.41) is 6.25. The maximum atomic E-state index is 12.1. The summed E-state index contributed by atoms with van der Waals surface area (Å²) in [5.74, 6) is -0.0760. The second-order valence-corrected chi connectivity index (χ2v) is 6.04. The Bertz CT molecular complexity index is 628. The molecule has 2 aromatic rings. The maximum absolute atomic E-state index is 12.1. The van der Waals surface area contributed by atoms with Gasteiger partial charge in [-0.25, -0.2) is 0 Å². The highest BCUT2D eigenvalue weighted by Crippen LogP contribution is 2.09. The van der Waals surface area contributed by atoms with E-state index in [1.807, 2.05) is 38.4 Å². The maximum Gasteiger partial charge on any atom is 0.252 e. The van der Waals surface area contributed by atoms with E-state index < -0.39 is 0 Å². The molecule has 1 aromatic carbocycles. The number of amides is 1. The molecule has 5 heteroatoms. The first kappa shape index (κ1) is 17.9. The molecule has 1 amide bonds. The molecule has 5 nitrogen and oxygen atoms in total. The van der Waals surface area contributed by atoms with Gasteiger partial charge in [0, 0.05) is 25.5 Å². The number of pyridine rings is 1. The van der Waals surface area contributed by atoms with Crippen molar-refractivity contribution < 1.29 is 4.79 Å². The van der Waals surface area contributed by atoms with Crippen LogP contribution in [0.25, 0.3) is 0 Å². The van der Waals surface area contributed by atoms with Gasteiger partial charge in [-0.2, -0.15) is 0 Å². The van der Waals surface area contributed by atoms with Gasteiger partial charge in [-0.1, -0.05) is 30.3 Å². The monoisotopic (exact) mass is 326 g/mol. The molecule has 0 aliphatic carbocycles. The van der Waals surface area contributed by atoms with Gasteiger partial charge in [0.15, 0.2) is 0 Å². The fourth-order valence-corrected chi connectivity index (χ4v) is 2.36. The Labute approximate surface area is 144 Å². The summed E-state index contributed by atoms with van der Waals surface area (Å²) in [5.41, 5.74) is 2.74. The minimum absolute atomic E-state index is 0.0760. The van der Waals surface area contributed by atoms with Gasteiger partial charge in [-0.05, 0) is 45.1 Å². The van der Waals surface area contributed by atoms with Gasteiger partial charge in [0.25, 0.3) is 5.91 Å². The Morgan fingerprint density at radius 2 is 1.92 bits per heavy atom. The average molecular weight is 326 g/mol. The quantitative estimate of drug-likeness (QED) is 0.695. The second-order valence-electron chi connectivity index (χ2n) is 6.04. The van der Waals surface area contributed by atoms with E-state index in [9.17, 15) is 4.79 Å². The molecule has 0 atom stereocenters. The van der Waals surface area contributed by atoms with Gasteiger partial charge in [-0.15, -0.1) is 0 Å². The fraction of sp³-hybridized carbons (Fsp3) is 0.368. The largest absolute Gasteiger partial charge is 0.383 e. The van der Waals surface area contributed by atoms with Crippen LogP contribution in [0.4, 0.5) is 5.69 Å². The summed E-state index contributed by atoms with van der Waals surface area (Å²) in [4.78, 5) is 18.4. The lowest BCUT2D eigenvalue weighted by Gasteiger charge is -2.11. The van der Waals surface area contributed by atoms with Crippen molar-refractivity contribution in [1.29, 1.82) is 0 Å². The van der Waals surface area contributed by atoms with E-state index in [2.05, 4.69) is 32.7 Å². The molecular weight excluding hydrogens is 300 g/mol. The van der Waals surface area contributed by atoms with Gasteiger partial charge < -0.3 is 15.5 Å². The van der Waals surface area contributed by atoms with Crippen molar-refractivity contribution in [1.82, 2.24) is 15.2 Å². The number of benzene rings is 1. The Hall–Kier alpha value is -2.40. The minimum Gasteiger partial charge on any atom is -0.383 e. The summed E-state index contributed by atoms with van der Waals surface area (Å²) in [7, 11) is 4.05. The normalized spacial score (nSPS) is 10.6. The molecule has 0 unspecified atom stereocenters. The molecule has 24 heavy (non-hydrogen) atoms. The molecule has 1 aromatic heterocycles. The molecule has 1 heterocycles. The SMILES string of the molecule is CN(C)CCCNC(=O)c1cncc(NCCc2ccccc2)c1. The predicted molar refractivity (Wildman–Crippen MR) is 98.4 cm³/mol. The van der Waals surface area contributed by atoms with E-state index in [-0.39, 0.29) is 5.91 Å². The lowest BCUT2D eigenvalue weighted by atomic mass is 10.1. The van der Waals surface area contributed by atoms with E-state index in [0.717, 1.165) is 31.6 Å². The first-order valence-corrected chi connectivity index (χ1v) is 8.31. The minimum atomic E-state index is -0.0760. The van der Waals surface area contributed by atoms with E-state index in [1.165, 1.54) is 5.56 Å². The second kappa shape index (κ2) is 9.67. The number of hydrogen-bond donors (Lipinski definition) is 2. The standard InChI is InChI=1S/C19H26N4O/c1-23(2)12-6-10-22-19(24)17-13-18(15-20-14-17)21-11-9-16-7-4-3-5-8-16/h3-5,7-8,13-15,21H,6,9-12H2,1-2H3,(H,22,24). The molecule has 2 rings (SSSR count). The van der Waals surface area contributed by atoms with Gasteiger partial charge in [0.2, 0.25) is 0 Å². The summed E-state index contributed by atoms with van der Waals surface area (Å²) >= 11 is 0. The van der Waals surface area contributed by atoms with Crippen molar-refractivity contribution in [2.75, 3.05) is 39.0 Å². The molecule has 0 saturated heterocycles. The Balaban J connectivity index is 1.79. The van der Waals surface area contributed by atoms with Crippen molar-refractivity contribution in [2.24, 2.45) is 0 Å². The first-order chi connectivity index (χ1) is 11.6. The number of nitrogens with one attached hydrogen (secondary N) is 2. The number of carbonyl (C=O) groups is 1. The summed E-state index contributed by atoms with van der Waals surface area (Å²) in [6, 6.07) is 12.2. The summed E-state index contributed by atoms with van der Waals surface area (Å²) < 4.78 is 0. The highest BCUT2D eigenvalue weighted by Gasteiger charge is 2.06. The fourth-order valence-electron chi connectivity index (χ4n) is 2.36. The van der Waals surface area contributed by atoms with E-state index in [0.29, 0.717) is 12.1 Å². The van der Waals surface area contributed by atoms with Crippen LogP contribution in [-0.2, 0) is 6.42 Å². The van der Waals surface area contributed by atoms with Crippen LogP contribution in [0.2, 0.25) is 0 Å². The Morgan fingerprint density at radius 1 is 1.12 bits per heavy atom. The molecule has 0 aliphatic rings. The van der Waals surface area contributed by atoms with Crippen LogP contribution in [-0.4, -0.2) is 49.5 Å². The topological polar surface area (TPSA) is 57.3 Å². The average Bonchev–Trinajstić information content (AvgIpc) is 2.59. The first-order valence-electron chi connectivity index (χ1n) is 8.31. The van der Waals surface area contributed by atoms with Crippen LogP contribution < -0.4 is 10.6 Å². The van der Waals surface area contributed by atoms with Crippen molar-refractivity contribution in [3.63, 3.8) is 0 Å². The van der Waals surface area contributed by atoms with Crippen LogP contribution in [0.1, 0.15) is 22.3 Å². The predicted octanol–water partition coefficient (Wildman–Crippen LogP) is 2.42. The molecule has 0 aliphatic heterocycles. The van der Waals surface area contributed by atoms with Gasteiger partial charge in [-0.3, -0.25) is 9.78 Å². The van der Waals surface area contributed by atoms with E-state index in [4.69, 9.17) is 0 Å². The summed E-state index contributed by atoms with van der Waals surface area (Å²) in [6.45, 7) is 2.43. The number of rotatable bonds is 9. The third kappa shape index (κ3) is 6.38. The Morgan fingerprint density at radius 3 is 2.67 bits per heavy atom. The lowest BCUT2D eigenvalue weighted by molar-refractivity contribution is 0.0952. The number of nitrogens with zero attached hydrogens (tertiary/aromatic N) is 2. The zero-order valence-electron chi connectivity index (χ0n) is 14.5. The van der Waals surface area contributed by atoms with Crippen molar-refractivity contribution in [2.45, 2.75) is 12.8 Å². The lowest BCUT2D eigenvalue weighted by Crippen LogP contribution is -2.27. The molecule has 0 bridgehead atoms. The van der Waals surface area contributed by atoms with Crippen molar-refractivity contribution >= 4 is 11.6 Å². The highest BCUT2D eigenvalue weighted by molar-refractivity contribution is 5.94. The van der Waals surface area contributed by atoms with Crippen LogP contribution in [0.5, 0.6) is 0 Å². The third-order valence-corrected chi connectivity index (χ3v) is 3.65. The molecule has 0 radical (unpaired) electrons. The van der Waals surface area contributed by atoms with Gasteiger partial charge >= 0.3 is 0 Å². The molecular formula is C19H26N4O. The van der Waals surface area contributed by atoms with Crippen molar-refractivity contribution in [3.05, 3.63) is 59.9 Å². The third-order valence-electron chi connectivity index (χ3n) is 3.65. The zero-order valence-corrected chi connectivity index (χ0v) is 14.5. The van der Waals surface area contributed by atoms with Crippen LogP contribution in [0.3, 0.4) is 0 Å². The van der Waals surface area contributed by atoms with Crippen molar-refractivity contribution in [3.8, 4) is 0 Å². The number of anilines is 1. The molecule has 0 spiro atoms. The number of hydrogen-bond acceptors (Lipinski definition) is 4. The number of aromatic nitrogens is 1. The van der Waals surface area contributed by atoms with Gasteiger partial charge in [0.1, 0.15) is 0 Å². The molecule has 0 saturated carbocycles. The number of carbonyl (C=O) groups excluding carboxylic acids is 1. The van der Waals surface area contributed by atoms with E-state index in [1.54, 1.807) is 12.4 Å². The van der Waals surface area contributed by atoms with Crippen LogP contribution in [0, 0.1) is 0 Å². The van der Waals surface area contributed by atoms with Crippen LogP contribution in [0.15, 0.2) is 48.8 Å². The van der Waals surface area contributed by atoms with Gasteiger partial charge in [0.05, 0.1) is 11.3 Å². The Kier molecular flexibility index (Phi) is 7.23. The zero-order chi connectivity index (χ0) is 17.2. The highest BCUT2D eigenvalue weighted by atomic mass is 16.1. The van der Waals surface area contributed by atoms with Crippen LogP contribution >= 0.6 is 0 Å². The summed E-state index contributed by atoms with van der Waals surface area (Å²) in [6.07, 6.45) is 5.21. The van der Waals surface area contributed by atoms with E-state index >= 15 is 0 Å². The molecule has 2 N–H and O–H groups in total.